The summed E-state index contributed by atoms with van der Waals surface area (Å²) in [6.07, 6.45) is 1.14. The number of carbonyl (C=O) groups is 2. The number of allylic oxidation sites excluding steroid dienone is 1. The molecule has 0 fully saturated rings. The van der Waals surface area contributed by atoms with Crippen LogP contribution in [0.25, 0.3) is 11.0 Å². The van der Waals surface area contributed by atoms with E-state index in [0.717, 1.165) is 29.5 Å². The summed E-state index contributed by atoms with van der Waals surface area (Å²) in [6.45, 7) is 6.67. The van der Waals surface area contributed by atoms with Crippen molar-refractivity contribution in [2.24, 2.45) is 5.92 Å². The number of ether oxygens (including phenoxy) is 4. The third-order valence-electron chi connectivity index (χ3n) is 10.9. The van der Waals surface area contributed by atoms with Crippen molar-refractivity contribution in [2.45, 2.75) is 103 Å². The summed E-state index contributed by atoms with van der Waals surface area (Å²) in [7, 11) is 1.50. The number of carbonyl (C=O) groups excluding carboxylic acids is 2. The molecule has 0 radical (unpaired) electrons. The van der Waals surface area contributed by atoms with Gasteiger partial charge in [0.2, 0.25) is 0 Å². The van der Waals surface area contributed by atoms with Crippen molar-refractivity contribution in [3.05, 3.63) is 122 Å². The van der Waals surface area contributed by atoms with Crippen molar-refractivity contribution in [3.63, 3.8) is 0 Å². The van der Waals surface area contributed by atoms with Gasteiger partial charge in [-0.1, -0.05) is 60.2 Å². The van der Waals surface area contributed by atoms with E-state index in [4.69, 9.17) is 23.4 Å². The molecular formula is C45H52O10. The Morgan fingerprint density at radius 1 is 0.909 bits per heavy atom. The minimum Gasteiger partial charge on any atom is -0.483 e. The molecule has 0 amide bonds. The average Bonchev–Trinajstić information content (AvgIpc) is 3.15. The first-order valence-corrected chi connectivity index (χ1v) is 19.1. The van der Waals surface area contributed by atoms with Gasteiger partial charge < -0.3 is 33.6 Å². The lowest BCUT2D eigenvalue weighted by Gasteiger charge is -2.43. The summed E-state index contributed by atoms with van der Waals surface area (Å²) >= 11 is 0. The predicted molar refractivity (Wildman–Crippen MR) is 208 cm³/mol. The van der Waals surface area contributed by atoms with E-state index >= 15 is 0 Å². The number of aliphatic hydroxyl groups excluding tert-OH is 2. The van der Waals surface area contributed by atoms with E-state index in [1.54, 1.807) is 26.0 Å². The van der Waals surface area contributed by atoms with E-state index in [0.29, 0.717) is 41.5 Å². The molecule has 0 saturated carbocycles. The number of hydrogen-bond acceptors (Lipinski definition) is 10. The number of fused-ring (bicyclic) bond motifs is 13. The van der Waals surface area contributed by atoms with Gasteiger partial charge in [0.15, 0.2) is 12.2 Å². The molecule has 0 unspecified atom stereocenters. The molecule has 292 valence electrons. The first kappa shape index (κ1) is 39.9. The third-order valence-corrected chi connectivity index (χ3v) is 10.9. The van der Waals surface area contributed by atoms with Gasteiger partial charge in [0.25, 0.3) is 0 Å². The van der Waals surface area contributed by atoms with Crippen LogP contribution in [0.15, 0.2) is 87.1 Å². The van der Waals surface area contributed by atoms with Crippen molar-refractivity contribution in [3.8, 4) is 5.75 Å². The second kappa shape index (κ2) is 17.4. The molecule has 2 bridgehead atoms. The van der Waals surface area contributed by atoms with Gasteiger partial charge in [-0.25, -0.2) is 9.59 Å². The van der Waals surface area contributed by atoms with Gasteiger partial charge in [0, 0.05) is 42.6 Å². The number of hydrogen-bond donors (Lipinski definition) is 2. The van der Waals surface area contributed by atoms with E-state index in [1.807, 2.05) is 32.0 Å². The van der Waals surface area contributed by atoms with Crippen LogP contribution in [0.4, 0.5) is 0 Å². The lowest BCUT2D eigenvalue weighted by Crippen LogP contribution is -2.52. The molecular weight excluding hydrogens is 700 g/mol. The molecule has 10 nitrogen and oxygen atoms in total. The van der Waals surface area contributed by atoms with Crippen molar-refractivity contribution < 1.29 is 43.2 Å². The number of aryl methyl sites for hydroxylation is 2. The van der Waals surface area contributed by atoms with Gasteiger partial charge in [-0.3, -0.25) is 4.79 Å². The maximum absolute atomic E-state index is 14.3. The van der Waals surface area contributed by atoms with Gasteiger partial charge in [0.1, 0.15) is 16.9 Å². The van der Waals surface area contributed by atoms with Gasteiger partial charge in [-0.05, 0) is 107 Å². The molecule has 10 heteroatoms. The van der Waals surface area contributed by atoms with Gasteiger partial charge in [-0.15, -0.1) is 0 Å². The number of benzene rings is 3. The normalized spacial score (nSPS) is 20.6. The second-order valence-corrected chi connectivity index (χ2v) is 15.5. The fraction of sp³-hybridized carbons (Fsp3) is 0.444. The molecule has 3 aliphatic heterocycles. The molecule has 3 aliphatic rings. The molecule has 0 spiro atoms. The van der Waals surface area contributed by atoms with Gasteiger partial charge in [-0.2, -0.15) is 0 Å². The van der Waals surface area contributed by atoms with Crippen LogP contribution < -0.4 is 10.4 Å². The van der Waals surface area contributed by atoms with Crippen LogP contribution in [0, 0.1) is 5.92 Å². The standard InChI is InChI=1S/C45H52O10/c1-27(2)33-18-17-29-11-14-30(15-12-29)23-31(16-13-28-9-7-6-8-10-28)24-37(48)52-41-39-36(55-45(3,4)42(41)54-43(33)49)20-19-34-35(25-47)38(44(50)53-40(34)39)32(21-22-46)26-51-5/h6-12,14-15,19-20,31-32,41-42,46-47H,13,16-18,21-26H2,1-5H3/t31-,32-,41+,42+/m1/s1. The van der Waals surface area contributed by atoms with Crippen LogP contribution >= 0.6 is 0 Å². The Bertz CT molecular complexity index is 2070. The molecule has 4 heterocycles. The molecule has 0 saturated heterocycles. The summed E-state index contributed by atoms with van der Waals surface area (Å²) in [5.41, 5.74) is 3.56. The van der Waals surface area contributed by atoms with Crippen molar-refractivity contribution in [1.82, 2.24) is 0 Å². The zero-order chi connectivity index (χ0) is 39.3. The van der Waals surface area contributed by atoms with Crippen LogP contribution in [0.2, 0.25) is 0 Å². The SMILES string of the molecule is COC[C@@H](CCO)c1c(CO)c2ccc3c(c2oc1=O)[C@@H]1OC(=O)C[C@H](CCc2ccccc2)Cc2ccc(cc2)CCC(=C(C)C)C(=O)O[C@@H]1C(C)(C)O3. The largest absolute Gasteiger partial charge is 0.483 e. The number of esters is 2. The lowest BCUT2D eigenvalue weighted by atomic mass is 9.85. The van der Waals surface area contributed by atoms with Crippen molar-refractivity contribution >= 4 is 22.9 Å². The van der Waals surface area contributed by atoms with E-state index < -0.39 is 47.9 Å². The highest BCUT2D eigenvalue weighted by Crippen LogP contribution is 2.48. The highest BCUT2D eigenvalue weighted by Gasteiger charge is 2.50. The van der Waals surface area contributed by atoms with Gasteiger partial charge in [0.05, 0.1) is 18.8 Å². The highest BCUT2D eigenvalue weighted by atomic mass is 16.6. The molecule has 55 heavy (non-hydrogen) atoms. The Morgan fingerprint density at radius 2 is 1.64 bits per heavy atom. The van der Waals surface area contributed by atoms with Crippen LogP contribution in [0.3, 0.4) is 0 Å². The number of rotatable bonds is 9. The van der Waals surface area contributed by atoms with E-state index in [-0.39, 0.29) is 48.7 Å². The minimum atomic E-state index is -1.23. The summed E-state index contributed by atoms with van der Waals surface area (Å²) in [5, 5.41) is 20.9. The Hall–Kier alpha value is -4.77. The van der Waals surface area contributed by atoms with E-state index in [1.165, 1.54) is 12.7 Å². The molecule has 2 N–H and O–H groups in total. The first-order chi connectivity index (χ1) is 26.4. The summed E-state index contributed by atoms with van der Waals surface area (Å²) in [4.78, 5) is 42.3. The van der Waals surface area contributed by atoms with Crippen LogP contribution in [0.1, 0.15) is 98.8 Å². The summed E-state index contributed by atoms with van der Waals surface area (Å²) in [5.74, 6) is -1.38. The van der Waals surface area contributed by atoms with Crippen LogP contribution in [-0.2, 0) is 49.7 Å². The average molecular weight is 753 g/mol. The third kappa shape index (κ3) is 8.88. The summed E-state index contributed by atoms with van der Waals surface area (Å²) in [6, 6.07) is 21.9. The monoisotopic (exact) mass is 752 g/mol. The molecule has 3 aromatic carbocycles. The fourth-order valence-corrected chi connectivity index (χ4v) is 8.04. The highest BCUT2D eigenvalue weighted by molar-refractivity contribution is 5.90. The predicted octanol–water partition coefficient (Wildman–Crippen LogP) is 7.23. The number of methoxy groups -OCH3 is 1. The molecule has 4 atom stereocenters. The van der Waals surface area contributed by atoms with E-state index in [2.05, 4.69) is 36.4 Å². The maximum atomic E-state index is 14.3. The first-order valence-electron chi connectivity index (χ1n) is 19.1. The second-order valence-electron chi connectivity index (χ2n) is 15.5. The van der Waals surface area contributed by atoms with Crippen LogP contribution in [0.5, 0.6) is 5.75 Å². The Kier molecular flexibility index (Phi) is 12.6. The topological polar surface area (TPSA) is 142 Å². The van der Waals surface area contributed by atoms with Crippen molar-refractivity contribution in [1.29, 1.82) is 0 Å². The minimum absolute atomic E-state index is 0.0572. The fourth-order valence-electron chi connectivity index (χ4n) is 8.04. The quantitative estimate of drug-likeness (QED) is 0.102. The zero-order valence-electron chi connectivity index (χ0n) is 32.4. The summed E-state index contributed by atoms with van der Waals surface area (Å²) < 4.78 is 30.8. The molecule has 4 aromatic rings. The van der Waals surface area contributed by atoms with Gasteiger partial charge >= 0.3 is 17.6 Å². The zero-order valence-corrected chi connectivity index (χ0v) is 32.4. The molecule has 7 rings (SSSR count). The molecule has 0 aliphatic carbocycles. The smallest absolute Gasteiger partial charge is 0.340 e. The van der Waals surface area contributed by atoms with Crippen LogP contribution in [-0.4, -0.2) is 54.2 Å². The lowest BCUT2D eigenvalue weighted by molar-refractivity contribution is -0.188. The Balaban J connectivity index is 1.49. The van der Waals surface area contributed by atoms with E-state index in [9.17, 15) is 24.6 Å². The van der Waals surface area contributed by atoms with Crippen molar-refractivity contribution in [2.75, 3.05) is 20.3 Å². The Morgan fingerprint density at radius 3 is 2.31 bits per heavy atom. The maximum Gasteiger partial charge on any atom is 0.340 e. The Labute approximate surface area is 322 Å². The number of aliphatic hydroxyl groups is 2. The molecule has 1 aromatic heterocycles.